The molecule has 2 nitrogen and oxygen atoms in total. The van der Waals surface area contributed by atoms with E-state index in [1.807, 2.05) is 0 Å². The third-order valence-corrected chi connectivity index (χ3v) is 4.55. The molecule has 0 aliphatic carbocycles. The van der Waals surface area contributed by atoms with E-state index in [1.54, 1.807) is 0 Å². The summed E-state index contributed by atoms with van der Waals surface area (Å²) in [6.07, 6.45) is 2.52. The summed E-state index contributed by atoms with van der Waals surface area (Å²) in [5.41, 5.74) is 0.104. The summed E-state index contributed by atoms with van der Waals surface area (Å²) in [6.45, 7) is 13.8. The van der Waals surface area contributed by atoms with Gasteiger partial charge in [0.05, 0.1) is 11.2 Å². The van der Waals surface area contributed by atoms with Gasteiger partial charge in [-0.2, -0.15) is 0 Å². The lowest BCUT2D eigenvalue weighted by molar-refractivity contribution is -0.0834. The number of ether oxygens (including phenoxy) is 1. The molecule has 0 radical (unpaired) electrons. The van der Waals surface area contributed by atoms with Crippen molar-refractivity contribution in [2.75, 3.05) is 13.1 Å². The smallest absolute Gasteiger partial charge is 0.0666 e. The van der Waals surface area contributed by atoms with E-state index in [1.165, 1.54) is 25.9 Å². The van der Waals surface area contributed by atoms with Crippen LogP contribution in [-0.4, -0.2) is 24.3 Å². The van der Waals surface area contributed by atoms with Gasteiger partial charge in [-0.3, -0.25) is 0 Å². The van der Waals surface area contributed by atoms with E-state index in [0.717, 1.165) is 11.8 Å². The van der Waals surface area contributed by atoms with Crippen molar-refractivity contribution in [3.8, 4) is 0 Å². The number of piperidine rings is 1. The Morgan fingerprint density at radius 1 is 1.19 bits per heavy atom. The monoisotopic (exact) mass is 225 g/mol. The highest BCUT2D eigenvalue weighted by Crippen LogP contribution is 2.48. The fourth-order valence-electron chi connectivity index (χ4n) is 3.82. The average molecular weight is 225 g/mol. The Labute approximate surface area is 100 Å². The zero-order valence-corrected chi connectivity index (χ0v) is 11.5. The van der Waals surface area contributed by atoms with Crippen molar-refractivity contribution in [3.05, 3.63) is 0 Å². The quantitative estimate of drug-likeness (QED) is 0.741. The van der Waals surface area contributed by atoms with Crippen molar-refractivity contribution >= 4 is 0 Å². The minimum atomic E-state index is 0.0431. The second kappa shape index (κ2) is 3.99. The zero-order chi connectivity index (χ0) is 12.0. The first-order valence-corrected chi connectivity index (χ1v) is 6.73. The normalized spacial score (nSPS) is 42.2. The van der Waals surface area contributed by atoms with Crippen LogP contribution in [0.25, 0.3) is 0 Å². The van der Waals surface area contributed by atoms with Crippen LogP contribution in [0.15, 0.2) is 0 Å². The van der Waals surface area contributed by atoms with Crippen molar-refractivity contribution in [2.45, 2.75) is 58.7 Å². The first-order valence-electron chi connectivity index (χ1n) is 6.73. The Balaban J connectivity index is 2.13. The molecule has 1 N–H and O–H groups in total. The lowest BCUT2D eigenvalue weighted by Crippen LogP contribution is -2.44. The van der Waals surface area contributed by atoms with Gasteiger partial charge in [-0.05, 0) is 71.4 Å². The molecular weight excluding hydrogens is 198 g/mol. The molecule has 2 saturated heterocycles. The molecule has 2 aliphatic heterocycles. The van der Waals surface area contributed by atoms with Crippen LogP contribution in [0.4, 0.5) is 0 Å². The molecule has 0 aromatic carbocycles. The molecule has 2 heteroatoms. The highest BCUT2D eigenvalue weighted by Gasteiger charge is 2.50. The summed E-state index contributed by atoms with van der Waals surface area (Å²) >= 11 is 0. The maximum absolute atomic E-state index is 6.22. The maximum Gasteiger partial charge on any atom is 0.0666 e. The van der Waals surface area contributed by atoms with E-state index < -0.39 is 0 Å². The second-order valence-electron chi connectivity index (χ2n) is 6.91. The highest BCUT2D eigenvalue weighted by molar-refractivity contribution is 4.99. The third kappa shape index (κ3) is 2.28. The third-order valence-electron chi connectivity index (χ3n) is 4.55. The van der Waals surface area contributed by atoms with E-state index in [-0.39, 0.29) is 11.2 Å². The lowest BCUT2D eigenvalue weighted by Gasteiger charge is -2.39. The van der Waals surface area contributed by atoms with Gasteiger partial charge in [-0.1, -0.05) is 6.92 Å². The molecule has 3 atom stereocenters. The van der Waals surface area contributed by atoms with Gasteiger partial charge in [0.15, 0.2) is 0 Å². The summed E-state index contributed by atoms with van der Waals surface area (Å²) in [6, 6.07) is 0. The van der Waals surface area contributed by atoms with Gasteiger partial charge in [-0.15, -0.1) is 0 Å². The van der Waals surface area contributed by atoms with E-state index in [9.17, 15) is 0 Å². The first kappa shape index (κ1) is 12.4. The molecule has 3 unspecified atom stereocenters. The Kier molecular flexibility index (Phi) is 3.09. The largest absolute Gasteiger partial charge is 0.369 e. The zero-order valence-electron chi connectivity index (χ0n) is 11.5. The van der Waals surface area contributed by atoms with Crippen LogP contribution in [0.5, 0.6) is 0 Å². The van der Waals surface area contributed by atoms with E-state index in [4.69, 9.17) is 4.74 Å². The molecule has 2 aliphatic rings. The summed E-state index contributed by atoms with van der Waals surface area (Å²) in [4.78, 5) is 0. The second-order valence-corrected chi connectivity index (χ2v) is 6.91. The van der Waals surface area contributed by atoms with E-state index >= 15 is 0 Å². The topological polar surface area (TPSA) is 21.3 Å². The Bertz CT molecular complexity index is 259. The fraction of sp³-hybridized carbons (Fsp3) is 1.00. The standard InChI is InChI=1S/C14H27NO/c1-10-6-7-15-9-11(10)12-8-13(2,3)16-14(12,4)5/h10-12,15H,6-9H2,1-5H3. The summed E-state index contributed by atoms with van der Waals surface area (Å²) < 4.78 is 6.22. The SMILES string of the molecule is CC1CCNCC1C1CC(C)(C)OC1(C)C. The summed E-state index contributed by atoms with van der Waals surface area (Å²) in [7, 11) is 0. The average Bonchev–Trinajstić information content (AvgIpc) is 2.35. The summed E-state index contributed by atoms with van der Waals surface area (Å²) in [5, 5.41) is 3.55. The van der Waals surface area contributed by atoms with Crippen molar-refractivity contribution in [3.63, 3.8) is 0 Å². The Morgan fingerprint density at radius 2 is 1.88 bits per heavy atom. The molecular formula is C14H27NO. The van der Waals surface area contributed by atoms with Crippen LogP contribution in [0.3, 0.4) is 0 Å². The fourth-order valence-corrected chi connectivity index (χ4v) is 3.82. The Morgan fingerprint density at radius 3 is 2.38 bits per heavy atom. The highest BCUT2D eigenvalue weighted by atomic mass is 16.5. The van der Waals surface area contributed by atoms with Gasteiger partial charge in [-0.25, -0.2) is 0 Å². The van der Waals surface area contributed by atoms with E-state index in [2.05, 4.69) is 39.9 Å². The van der Waals surface area contributed by atoms with Crippen LogP contribution in [0.1, 0.15) is 47.5 Å². The predicted molar refractivity (Wildman–Crippen MR) is 67.5 cm³/mol. The van der Waals surface area contributed by atoms with Gasteiger partial charge >= 0.3 is 0 Å². The van der Waals surface area contributed by atoms with Gasteiger partial charge in [0.1, 0.15) is 0 Å². The van der Waals surface area contributed by atoms with Crippen LogP contribution >= 0.6 is 0 Å². The molecule has 0 bridgehead atoms. The molecule has 2 rings (SSSR count). The molecule has 0 aromatic rings. The first-order chi connectivity index (χ1) is 7.32. The van der Waals surface area contributed by atoms with Crippen LogP contribution < -0.4 is 5.32 Å². The van der Waals surface area contributed by atoms with Crippen LogP contribution in [-0.2, 0) is 4.74 Å². The molecule has 16 heavy (non-hydrogen) atoms. The molecule has 0 amide bonds. The maximum atomic E-state index is 6.22. The number of rotatable bonds is 1. The van der Waals surface area contributed by atoms with Gasteiger partial charge < -0.3 is 10.1 Å². The summed E-state index contributed by atoms with van der Waals surface area (Å²) in [5.74, 6) is 2.32. The van der Waals surface area contributed by atoms with Gasteiger partial charge in [0.2, 0.25) is 0 Å². The number of hydrogen-bond acceptors (Lipinski definition) is 2. The van der Waals surface area contributed by atoms with Crippen LogP contribution in [0, 0.1) is 17.8 Å². The minimum Gasteiger partial charge on any atom is -0.369 e. The van der Waals surface area contributed by atoms with Crippen LogP contribution in [0.2, 0.25) is 0 Å². The predicted octanol–water partition coefficient (Wildman–Crippen LogP) is 2.83. The van der Waals surface area contributed by atoms with Crippen molar-refractivity contribution in [2.24, 2.45) is 17.8 Å². The molecule has 2 fully saturated rings. The van der Waals surface area contributed by atoms with Crippen molar-refractivity contribution in [1.82, 2.24) is 5.32 Å². The van der Waals surface area contributed by atoms with Crippen molar-refractivity contribution < 1.29 is 4.74 Å². The lowest BCUT2D eigenvalue weighted by atomic mass is 9.70. The molecule has 0 aromatic heterocycles. The minimum absolute atomic E-state index is 0.0431. The number of nitrogens with one attached hydrogen (secondary N) is 1. The molecule has 2 heterocycles. The molecule has 94 valence electrons. The van der Waals surface area contributed by atoms with Gasteiger partial charge in [0, 0.05) is 0 Å². The Hall–Kier alpha value is -0.0800. The van der Waals surface area contributed by atoms with E-state index in [0.29, 0.717) is 5.92 Å². The number of hydrogen-bond donors (Lipinski definition) is 1. The van der Waals surface area contributed by atoms with Gasteiger partial charge in [0.25, 0.3) is 0 Å². The molecule has 0 saturated carbocycles. The molecule has 0 spiro atoms. The van der Waals surface area contributed by atoms with Crippen molar-refractivity contribution in [1.29, 1.82) is 0 Å².